The van der Waals surface area contributed by atoms with Crippen molar-refractivity contribution in [1.29, 1.82) is 0 Å². The van der Waals surface area contributed by atoms with Crippen molar-refractivity contribution in [3.63, 3.8) is 0 Å². The first-order valence-electron chi connectivity index (χ1n) is 16.8. The molecule has 2 aromatic rings. The normalized spacial score (nSPS) is 25.3. The second-order valence-corrected chi connectivity index (χ2v) is 13.4. The number of benzene rings is 1. The first-order chi connectivity index (χ1) is 21.2. The van der Waals surface area contributed by atoms with Crippen molar-refractivity contribution in [1.82, 2.24) is 14.9 Å². The molecule has 1 N–H and O–H groups in total. The molecule has 1 saturated heterocycles. The zero-order valence-corrected chi connectivity index (χ0v) is 27.6. The Morgan fingerprint density at radius 3 is 2.52 bits per heavy atom. The van der Waals surface area contributed by atoms with Crippen LogP contribution >= 0.6 is 0 Å². The second kappa shape index (κ2) is 14.3. The topological polar surface area (TPSA) is 90.9 Å². The van der Waals surface area contributed by atoms with E-state index in [4.69, 9.17) is 9.72 Å². The van der Waals surface area contributed by atoms with E-state index in [9.17, 15) is 9.59 Å². The highest BCUT2D eigenvalue weighted by Crippen LogP contribution is 2.43. The number of rotatable bonds is 8. The van der Waals surface area contributed by atoms with Gasteiger partial charge in [0.05, 0.1) is 19.0 Å². The number of nitrogens with zero attached hydrogens (tertiary/aromatic N) is 5. The molecule has 4 aliphatic rings. The molecule has 1 aromatic carbocycles. The van der Waals surface area contributed by atoms with E-state index < -0.39 is 0 Å². The van der Waals surface area contributed by atoms with Gasteiger partial charge in [-0.3, -0.25) is 9.59 Å². The number of Topliss-reactive ketones (excluding diaryl/α,β-unsaturated/α-hetero) is 1. The van der Waals surface area contributed by atoms with Crippen molar-refractivity contribution < 1.29 is 14.3 Å². The molecule has 44 heavy (non-hydrogen) atoms. The van der Waals surface area contributed by atoms with Gasteiger partial charge in [-0.2, -0.15) is 4.98 Å². The number of ketones is 1. The van der Waals surface area contributed by atoms with Gasteiger partial charge in [0.25, 0.3) is 0 Å². The molecular formula is C35H52N6O3. The van der Waals surface area contributed by atoms with Gasteiger partial charge in [0.15, 0.2) is 11.6 Å². The SMILES string of the molecule is CCC1C(=O)N(C)c2cnc(Nc3ccc(C(C)=O)cc3OC)nc2N1C1CCCC1.CCCC1CC2CCN(C)CC2C1. The summed E-state index contributed by atoms with van der Waals surface area (Å²) in [4.78, 5) is 40.4. The van der Waals surface area contributed by atoms with Gasteiger partial charge in [0, 0.05) is 25.2 Å². The number of nitrogens with one attached hydrogen (secondary N) is 1. The molecule has 0 bridgehead atoms. The Morgan fingerprint density at radius 1 is 1.09 bits per heavy atom. The van der Waals surface area contributed by atoms with Crippen LogP contribution in [0.15, 0.2) is 24.4 Å². The highest BCUT2D eigenvalue weighted by molar-refractivity contribution is 6.04. The smallest absolute Gasteiger partial charge is 0.249 e. The molecule has 3 fully saturated rings. The fourth-order valence-electron chi connectivity index (χ4n) is 8.01. The van der Waals surface area contributed by atoms with Crippen LogP contribution in [0.4, 0.5) is 23.1 Å². The molecule has 1 aromatic heterocycles. The molecule has 6 rings (SSSR count). The number of hydrogen-bond acceptors (Lipinski definition) is 8. The van der Waals surface area contributed by atoms with Gasteiger partial charge in [-0.05, 0) is 95.0 Å². The van der Waals surface area contributed by atoms with Gasteiger partial charge >= 0.3 is 0 Å². The molecule has 0 radical (unpaired) electrons. The minimum atomic E-state index is -0.215. The Hall–Kier alpha value is -3.20. The van der Waals surface area contributed by atoms with Crippen molar-refractivity contribution >= 4 is 34.8 Å². The van der Waals surface area contributed by atoms with Crippen LogP contribution in [-0.2, 0) is 4.79 Å². The molecule has 2 saturated carbocycles. The van der Waals surface area contributed by atoms with Crippen molar-refractivity contribution in [3.8, 4) is 5.75 Å². The molecule has 4 unspecified atom stereocenters. The first kappa shape index (κ1) is 32.2. The van der Waals surface area contributed by atoms with E-state index in [0.29, 0.717) is 29.0 Å². The summed E-state index contributed by atoms with van der Waals surface area (Å²) in [6.45, 7) is 8.62. The first-order valence-corrected chi connectivity index (χ1v) is 16.8. The number of ether oxygens (including phenoxy) is 1. The summed E-state index contributed by atoms with van der Waals surface area (Å²) in [5.41, 5.74) is 1.98. The highest BCUT2D eigenvalue weighted by Gasteiger charge is 2.41. The Balaban J connectivity index is 0.000000245. The zero-order valence-electron chi connectivity index (χ0n) is 27.6. The largest absolute Gasteiger partial charge is 0.495 e. The number of methoxy groups -OCH3 is 1. The second-order valence-electron chi connectivity index (χ2n) is 13.4. The molecular weight excluding hydrogens is 552 g/mol. The van der Waals surface area contributed by atoms with Gasteiger partial charge < -0.3 is 24.8 Å². The third kappa shape index (κ3) is 6.87. The molecule has 9 heteroatoms. The lowest BCUT2D eigenvalue weighted by Crippen LogP contribution is -2.55. The third-order valence-corrected chi connectivity index (χ3v) is 10.3. The van der Waals surface area contributed by atoms with Crippen molar-refractivity contribution in [2.75, 3.05) is 49.4 Å². The van der Waals surface area contributed by atoms with E-state index in [1.807, 2.05) is 6.92 Å². The number of aromatic nitrogens is 2. The lowest BCUT2D eigenvalue weighted by Gasteiger charge is -2.43. The number of hydrogen-bond donors (Lipinski definition) is 1. The third-order valence-electron chi connectivity index (χ3n) is 10.3. The maximum atomic E-state index is 13.0. The average Bonchev–Trinajstić information content (AvgIpc) is 3.69. The monoisotopic (exact) mass is 604 g/mol. The van der Waals surface area contributed by atoms with Crippen LogP contribution in [0.1, 0.15) is 95.3 Å². The Bertz CT molecular complexity index is 1310. The van der Waals surface area contributed by atoms with E-state index in [1.54, 1.807) is 49.9 Å². The predicted molar refractivity (Wildman–Crippen MR) is 177 cm³/mol. The van der Waals surface area contributed by atoms with Crippen LogP contribution in [0.5, 0.6) is 5.75 Å². The summed E-state index contributed by atoms with van der Waals surface area (Å²) in [6.07, 6.45) is 14.3. The minimum Gasteiger partial charge on any atom is -0.495 e. The molecule has 240 valence electrons. The summed E-state index contributed by atoms with van der Waals surface area (Å²) < 4.78 is 5.46. The number of piperidine rings is 1. The van der Waals surface area contributed by atoms with E-state index in [-0.39, 0.29) is 17.7 Å². The van der Waals surface area contributed by atoms with Crippen molar-refractivity contribution in [2.45, 2.75) is 97.1 Å². The Labute approximate surface area is 263 Å². The summed E-state index contributed by atoms with van der Waals surface area (Å²) in [7, 11) is 5.63. The van der Waals surface area contributed by atoms with Crippen LogP contribution in [-0.4, -0.2) is 72.9 Å². The molecule has 2 aliphatic heterocycles. The standard InChI is InChI=1S/C23H29N5O3.C12H23N/c1-5-18-22(30)27(3)19-13-24-23(26-21(19)28(18)16-8-6-7-9-16)25-17-11-10-15(14(2)29)12-20(17)31-4;1-3-4-10-7-11-5-6-13(2)9-12(11)8-10/h10-13,16,18H,5-9H2,1-4H3,(H,24,25,26);10-12H,3-9H2,1-2H3. The van der Waals surface area contributed by atoms with Crippen LogP contribution in [0.25, 0.3) is 0 Å². The van der Waals surface area contributed by atoms with E-state index in [1.165, 1.54) is 58.5 Å². The minimum absolute atomic E-state index is 0.0274. The Kier molecular flexibility index (Phi) is 10.4. The molecule has 1 amide bonds. The highest BCUT2D eigenvalue weighted by atomic mass is 16.5. The summed E-state index contributed by atoms with van der Waals surface area (Å²) in [6, 6.07) is 5.34. The maximum absolute atomic E-state index is 13.0. The molecule has 0 spiro atoms. The zero-order chi connectivity index (χ0) is 31.4. The number of likely N-dealkylation sites (N-methyl/N-ethyl adjacent to an activating group) is 1. The van der Waals surface area contributed by atoms with Crippen molar-refractivity contribution in [3.05, 3.63) is 30.0 Å². The number of fused-ring (bicyclic) bond motifs is 2. The summed E-state index contributed by atoms with van der Waals surface area (Å²) in [5, 5.41) is 3.22. The number of amides is 1. The van der Waals surface area contributed by atoms with E-state index in [2.05, 4.69) is 34.1 Å². The number of anilines is 4. The number of carbonyl (C=O) groups is 2. The van der Waals surface area contributed by atoms with Gasteiger partial charge in [0.1, 0.15) is 17.5 Å². The van der Waals surface area contributed by atoms with Crippen molar-refractivity contribution in [2.24, 2.45) is 17.8 Å². The maximum Gasteiger partial charge on any atom is 0.249 e. The van der Waals surface area contributed by atoms with Crippen LogP contribution in [0, 0.1) is 17.8 Å². The molecule has 3 heterocycles. The van der Waals surface area contributed by atoms with E-state index in [0.717, 1.165) is 48.5 Å². The fourth-order valence-corrected chi connectivity index (χ4v) is 8.01. The fraction of sp³-hybridized carbons (Fsp3) is 0.657. The number of likely N-dealkylation sites (tertiary alicyclic amines) is 1. The van der Waals surface area contributed by atoms with Gasteiger partial charge in [-0.1, -0.05) is 39.5 Å². The van der Waals surface area contributed by atoms with Gasteiger partial charge in [-0.15, -0.1) is 0 Å². The lowest BCUT2D eigenvalue weighted by atomic mass is 9.89. The summed E-state index contributed by atoms with van der Waals surface area (Å²) >= 11 is 0. The molecule has 9 nitrogen and oxygen atoms in total. The Morgan fingerprint density at radius 2 is 1.84 bits per heavy atom. The van der Waals surface area contributed by atoms with Crippen LogP contribution in [0.3, 0.4) is 0 Å². The van der Waals surface area contributed by atoms with Gasteiger partial charge in [-0.25, -0.2) is 4.98 Å². The lowest BCUT2D eigenvalue weighted by molar-refractivity contribution is -0.120. The molecule has 2 aliphatic carbocycles. The average molecular weight is 605 g/mol. The van der Waals surface area contributed by atoms with Crippen LogP contribution < -0.4 is 19.9 Å². The van der Waals surface area contributed by atoms with E-state index >= 15 is 0 Å². The van der Waals surface area contributed by atoms with Gasteiger partial charge in [0.2, 0.25) is 11.9 Å². The summed E-state index contributed by atoms with van der Waals surface area (Å²) in [5.74, 6) is 5.04. The molecule has 4 atom stereocenters. The van der Waals surface area contributed by atoms with Crippen LogP contribution in [0.2, 0.25) is 0 Å². The quantitative estimate of drug-likeness (QED) is 0.333. The predicted octanol–water partition coefficient (Wildman–Crippen LogP) is 6.70. The number of carbonyl (C=O) groups excluding carboxylic acids is 2.